The van der Waals surface area contributed by atoms with E-state index in [1.807, 2.05) is 0 Å². The molecule has 1 aromatic rings. The molecule has 1 amide bonds. The third-order valence-electron chi connectivity index (χ3n) is 2.72. The number of carbonyl (C=O) groups excluding carboxylic acids is 1. The summed E-state index contributed by atoms with van der Waals surface area (Å²) in [5.74, 6) is -1.61. The fourth-order valence-corrected chi connectivity index (χ4v) is 1.60. The van der Waals surface area contributed by atoms with E-state index in [0.717, 1.165) is 0 Å². The van der Waals surface area contributed by atoms with Crippen LogP contribution in [0.5, 0.6) is 0 Å². The lowest BCUT2D eigenvalue weighted by Gasteiger charge is -2.13. The number of carboxylic acids is 1. The number of carboxylic acid groups (broad SMARTS) is 1. The van der Waals surface area contributed by atoms with Crippen LogP contribution in [0.2, 0.25) is 0 Å². The molecule has 9 heteroatoms. The molecule has 3 N–H and O–H groups in total. The number of hydrogen-bond donors (Lipinski definition) is 3. The van der Waals surface area contributed by atoms with E-state index in [9.17, 15) is 19.7 Å². The second-order valence-electron chi connectivity index (χ2n) is 4.01. The summed E-state index contributed by atoms with van der Waals surface area (Å²) in [4.78, 5) is 32.7. The molecule has 0 fully saturated rings. The second kappa shape index (κ2) is 7.20. The minimum atomic E-state index is -1.20. The SMILES string of the molecule is CNC(=O)c1ccc([N+](=O)[O-])c(NCC(OC)C(=O)O)c1. The summed E-state index contributed by atoms with van der Waals surface area (Å²) in [5, 5.41) is 24.8. The summed E-state index contributed by atoms with van der Waals surface area (Å²) in [6.45, 7) is -0.177. The monoisotopic (exact) mass is 297 g/mol. The van der Waals surface area contributed by atoms with Crippen LogP contribution in [0.25, 0.3) is 0 Å². The number of ether oxygens (including phenoxy) is 1. The molecule has 0 saturated carbocycles. The molecular weight excluding hydrogens is 282 g/mol. The van der Waals surface area contributed by atoms with Crippen LogP contribution in [0.1, 0.15) is 10.4 Å². The average molecular weight is 297 g/mol. The first kappa shape index (κ1) is 16.4. The number of hydrogen-bond acceptors (Lipinski definition) is 6. The molecule has 0 aliphatic rings. The van der Waals surface area contributed by atoms with E-state index >= 15 is 0 Å². The Balaban J connectivity index is 3.03. The van der Waals surface area contributed by atoms with Gasteiger partial charge in [-0.25, -0.2) is 4.79 Å². The number of benzene rings is 1. The Kier molecular flexibility index (Phi) is 5.61. The predicted octanol–water partition coefficient (Wildman–Crippen LogP) is 0.466. The van der Waals surface area contributed by atoms with Crippen LogP contribution in [0.3, 0.4) is 0 Å². The minimum Gasteiger partial charge on any atom is -0.479 e. The molecule has 0 radical (unpaired) electrons. The topological polar surface area (TPSA) is 131 Å². The molecule has 9 nitrogen and oxygen atoms in total. The molecule has 0 spiro atoms. The molecule has 0 aromatic heterocycles. The number of rotatable bonds is 7. The Morgan fingerprint density at radius 2 is 2.14 bits per heavy atom. The van der Waals surface area contributed by atoms with Crippen molar-refractivity contribution in [1.82, 2.24) is 5.32 Å². The van der Waals surface area contributed by atoms with Crippen LogP contribution in [0.4, 0.5) is 11.4 Å². The number of methoxy groups -OCH3 is 1. The van der Waals surface area contributed by atoms with Gasteiger partial charge >= 0.3 is 5.97 Å². The number of amides is 1. The molecule has 1 aromatic carbocycles. The lowest BCUT2D eigenvalue weighted by atomic mass is 10.1. The van der Waals surface area contributed by atoms with Crippen molar-refractivity contribution in [3.63, 3.8) is 0 Å². The third-order valence-corrected chi connectivity index (χ3v) is 2.72. The zero-order chi connectivity index (χ0) is 16.0. The largest absolute Gasteiger partial charge is 0.479 e. The maximum absolute atomic E-state index is 11.5. The normalized spacial score (nSPS) is 11.5. The van der Waals surface area contributed by atoms with Gasteiger partial charge in [-0.1, -0.05) is 0 Å². The Labute approximate surface area is 120 Å². The van der Waals surface area contributed by atoms with Crippen LogP contribution in [-0.2, 0) is 9.53 Å². The Bertz CT molecular complexity index is 560. The first-order valence-electron chi connectivity index (χ1n) is 5.90. The maximum atomic E-state index is 11.5. The Morgan fingerprint density at radius 1 is 1.48 bits per heavy atom. The highest BCUT2D eigenvalue weighted by Gasteiger charge is 2.20. The highest BCUT2D eigenvalue weighted by Crippen LogP contribution is 2.25. The van der Waals surface area contributed by atoms with Crippen molar-refractivity contribution < 1.29 is 24.4 Å². The van der Waals surface area contributed by atoms with E-state index in [4.69, 9.17) is 9.84 Å². The van der Waals surface area contributed by atoms with Gasteiger partial charge in [0, 0.05) is 25.8 Å². The van der Waals surface area contributed by atoms with Crippen LogP contribution in [0.15, 0.2) is 18.2 Å². The van der Waals surface area contributed by atoms with Crippen LogP contribution in [0, 0.1) is 10.1 Å². The summed E-state index contributed by atoms with van der Waals surface area (Å²) >= 11 is 0. The number of nitro benzene ring substituents is 1. The van der Waals surface area contributed by atoms with E-state index < -0.39 is 22.9 Å². The number of nitrogens with zero attached hydrogens (tertiary/aromatic N) is 1. The van der Waals surface area contributed by atoms with Gasteiger partial charge in [-0.05, 0) is 12.1 Å². The number of aliphatic carboxylic acids is 1. The molecule has 0 saturated heterocycles. The summed E-state index contributed by atoms with van der Waals surface area (Å²) in [5.41, 5.74) is 0.00202. The molecule has 0 heterocycles. The molecule has 1 unspecified atom stereocenters. The Hall–Kier alpha value is -2.68. The fourth-order valence-electron chi connectivity index (χ4n) is 1.60. The van der Waals surface area contributed by atoms with E-state index in [-0.39, 0.29) is 23.5 Å². The van der Waals surface area contributed by atoms with Gasteiger partial charge in [0.15, 0.2) is 6.10 Å². The molecule has 0 aliphatic carbocycles. The predicted molar refractivity (Wildman–Crippen MR) is 73.4 cm³/mol. The van der Waals surface area contributed by atoms with Crippen molar-refractivity contribution in [3.8, 4) is 0 Å². The lowest BCUT2D eigenvalue weighted by molar-refractivity contribution is -0.384. The molecule has 0 aliphatic heterocycles. The highest BCUT2D eigenvalue weighted by atomic mass is 16.6. The Morgan fingerprint density at radius 3 is 2.62 bits per heavy atom. The first-order valence-corrected chi connectivity index (χ1v) is 5.90. The van der Waals surface area contributed by atoms with Gasteiger partial charge in [0.25, 0.3) is 11.6 Å². The van der Waals surface area contributed by atoms with Gasteiger partial charge < -0.3 is 20.5 Å². The maximum Gasteiger partial charge on any atom is 0.334 e. The number of nitrogens with one attached hydrogen (secondary N) is 2. The van der Waals surface area contributed by atoms with E-state index in [0.29, 0.717) is 0 Å². The summed E-state index contributed by atoms with van der Waals surface area (Å²) < 4.78 is 4.72. The average Bonchev–Trinajstić information content (AvgIpc) is 2.46. The van der Waals surface area contributed by atoms with E-state index in [1.165, 1.54) is 32.4 Å². The molecule has 1 rings (SSSR count). The van der Waals surface area contributed by atoms with Crippen molar-refractivity contribution in [3.05, 3.63) is 33.9 Å². The fraction of sp³-hybridized carbons (Fsp3) is 0.333. The summed E-state index contributed by atoms with van der Waals surface area (Å²) in [7, 11) is 2.65. The quantitative estimate of drug-likeness (QED) is 0.492. The number of nitro groups is 1. The van der Waals surface area contributed by atoms with Crippen LogP contribution in [-0.4, -0.2) is 48.7 Å². The van der Waals surface area contributed by atoms with Crippen molar-refractivity contribution in [2.45, 2.75) is 6.10 Å². The standard InChI is InChI=1S/C12H15N3O6/c1-13-11(16)7-3-4-9(15(19)20)8(5-7)14-6-10(21-2)12(17)18/h3-5,10,14H,6H2,1-2H3,(H,13,16)(H,17,18). The minimum absolute atomic E-state index is 0.0457. The van der Waals surface area contributed by atoms with Gasteiger partial charge in [0.05, 0.1) is 11.5 Å². The second-order valence-corrected chi connectivity index (χ2v) is 4.01. The number of anilines is 1. The van der Waals surface area contributed by atoms with Crippen molar-refractivity contribution in [2.24, 2.45) is 0 Å². The molecular formula is C12H15N3O6. The summed E-state index contributed by atoms with van der Waals surface area (Å²) in [6, 6.07) is 3.77. The molecule has 114 valence electrons. The van der Waals surface area contributed by atoms with Gasteiger partial charge in [-0.3, -0.25) is 14.9 Å². The van der Waals surface area contributed by atoms with Crippen LogP contribution < -0.4 is 10.6 Å². The third kappa shape index (κ3) is 4.14. The summed E-state index contributed by atoms with van der Waals surface area (Å²) in [6.07, 6.45) is -1.16. The van der Waals surface area contributed by atoms with Crippen molar-refractivity contribution >= 4 is 23.3 Å². The lowest BCUT2D eigenvalue weighted by Crippen LogP contribution is -2.30. The van der Waals surface area contributed by atoms with E-state index in [2.05, 4.69) is 10.6 Å². The zero-order valence-electron chi connectivity index (χ0n) is 11.5. The highest BCUT2D eigenvalue weighted by molar-refractivity contribution is 5.95. The van der Waals surface area contributed by atoms with Crippen LogP contribution >= 0.6 is 0 Å². The van der Waals surface area contributed by atoms with Gasteiger partial charge in [0.2, 0.25) is 0 Å². The van der Waals surface area contributed by atoms with Gasteiger partial charge in [-0.2, -0.15) is 0 Å². The zero-order valence-corrected chi connectivity index (χ0v) is 11.5. The van der Waals surface area contributed by atoms with Crippen molar-refractivity contribution in [1.29, 1.82) is 0 Å². The van der Waals surface area contributed by atoms with Crippen molar-refractivity contribution in [2.75, 3.05) is 26.0 Å². The molecule has 21 heavy (non-hydrogen) atoms. The van der Waals surface area contributed by atoms with E-state index in [1.54, 1.807) is 0 Å². The molecule has 0 bridgehead atoms. The van der Waals surface area contributed by atoms with Gasteiger partial charge in [0.1, 0.15) is 5.69 Å². The van der Waals surface area contributed by atoms with Gasteiger partial charge in [-0.15, -0.1) is 0 Å². The number of carbonyl (C=O) groups is 2. The first-order chi connectivity index (χ1) is 9.90. The smallest absolute Gasteiger partial charge is 0.334 e. The molecule has 1 atom stereocenters.